The summed E-state index contributed by atoms with van der Waals surface area (Å²) < 4.78 is 0. The highest BCUT2D eigenvalue weighted by molar-refractivity contribution is 5.97. The van der Waals surface area contributed by atoms with Crippen LogP contribution in [0.25, 0.3) is 0 Å². The number of rotatable bonds is 4. The SMILES string of the molecule is CN(C(=O)C1CC=CC1)c1cccc(NC(=O)C2CC=CC2)c1. The van der Waals surface area contributed by atoms with Gasteiger partial charge in [0.05, 0.1) is 0 Å². The third kappa shape index (κ3) is 3.52. The molecule has 0 aromatic heterocycles. The van der Waals surface area contributed by atoms with Gasteiger partial charge in [0.2, 0.25) is 11.8 Å². The Kier molecular flexibility index (Phi) is 4.60. The van der Waals surface area contributed by atoms with E-state index in [1.54, 1.807) is 11.9 Å². The number of hydrogen-bond acceptors (Lipinski definition) is 2. The van der Waals surface area contributed by atoms with Gasteiger partial charge in [0.15, 0.2) is 0 Å². The van der Waals surface area contributed by atoms with Crippen molar-refractivity contribution < 1.29 is 9.59 Å². The van der Waals surface area contributed by atoms with Gasteiger partial charge in [-0.05, 0) is 43.9 Å². The molecule has 0 spiro atoms. The van der Waals surface area contributed by atoms with E-state index in [-0.39, 0.29) is 23.7 Å². The van der Waals surface area contributed by atoms with Gasteiger partial charge in [0.1, 0.15) is 0 Å². The number of allylic oxidation sites excluding steroid dienone is 4. The van der Waals surface area contributed by atoms with Crippen molar-refractivity contribution in [1.29, 1.82) is 0 Å². The summed E-state index contributed by atoms with van der Waals surface area (Å²) >= 11 is 0. The molecule has 2 aliphatic rings. The highest BCUT2D eigenvalue weighted by atomic mass is 16.2. The zero-order valence-corrected chi connectivity index (χ0v) is 13.4. The Balaban J connectivity index is 1.66. The summed E-state index contributed by atoms with van der Waals surface area (Å²) in [4.78, 5) is 26.4. The minimum absolute atomic E-state index is 0.0302. The highest BCUT2D eigenvalue weighted by Crippen LogP contribution is 2.26. The minimum Gasteiger partial charge on any atom is -0.326 e. The molecule has 0 heterocycles. The molecular formula is C19H22N2O2. The molecule has 0 atom stereocenters. The predicted molar refractivity (Wildman–Crippen MR) is 92.2 cm³/mol. The van der Waals surface area contributed by atoms with Gasteiger partial charge in [-0.2, -0.15) is 0 Å². The lowest BCUT2D eigenvalue weighted by atomic mass is 10.1. The molecule has 1 aromatic carbocycles. The van der Waals surface area contributed by atoms with E-state index in [1.807, 2.05) is 36.4 Å². The lowest BCUT2D eigenvalue weighted by Gasteiger charge is -2.22. The van der Waals surface area contributed by atoms with Crippen molar-refractivity contribution in [2.75, 3.05) is 17.3 Å². The minimum atomic E-state index is 0.0302. The average Bonchev–Trinajstić information content (AvgIpc) is 3.26. The van der Waals surface area contributed by atoms with E-state index in [0.29, 0.717) is 0 Å². The van der Waals surface area contributed by atoms with Crippen molar-refractivity contribution in [3.8, 4) is 0 Å². The summed E-state index contributed by atoms with van der Waals surface area (Å²) in [6.07, 6.45) is 11.4. The number of hydrogen-bond donors (Lipinski definition) is 1. The van der Waals surface area contributed by atoms with Crippen LogP contribution in [-0.4, -0.2) is 18.9 Å². The van der Waals surface area contributed by atoms with Gasteiger partial charge in [0.25, 0.3) is 0 Å². The summed E-state index contributed by atoms with van der Waals surface area (Å²) in [6, 6.07) is 7.49. The van der Waals surface area contributed by atoms with Crippen molar-refractivity contribution in [2.24, 2.45) is 11.8 Å². The van der Waals surface area contributed by atoms with Crippen molar-refractivity contribution >= 4 is 23.2 Å². The Morgan fingerprint density at radius 3 is 2.26 bits per heavy atom. The number of nitrogens with one attached hydrogen (secondary N) is 1. The van der Waals surface area contributed by atoms with E-state index >= 15 is 0 Å². The molecule has 2 aliphatic carbocycles. The highest BCUT2D eigenvalue weighted by Gasteiger charge is 2.24. The molecule has 0 saturated carbocycles. The zero-order chi connectivity index (χ0) is 16.2. The van der Waals surface area contributed by atoms with E-state index in [9.17, 15) is 9.59 Å². The molecular weight excluding hydrogens is 288 g/mol. The fourth-order valence-electron chi connectivity index (χ4n) is 3.09. The molecule has 23 heavy (non-hydrogen) atoms. The van der Waals surface area contributed by atoms with Gasteiger partial charge >= 0.3 is 0 Å². The first-order valence-electron chi connectivity index (χ1n) is 8.13. The molecule has 4 heteroatoms. The van der Waals surface area contributed by atoms with Gasteiger partial charge in [0, 0.05) is 30.3 Å². The lowest BCUT2D eigenvalue weighted by Crippen LogP contribution is -2.31. The van der Waals surface area contributed by atoms with E-state index in [4.69, 9.17) is 0 Å². The van der Waals surface area contributed by atoms with Crippen LogP contribution in [0.4, 0.5) is 11.4 Å². The van der Waals surface area contributed by atoms with Gasteiger partial charge in [-0.1, -0.05) is 30.4 Å². The molecule has 0 unspecified atom stereocenters. The van der Waals surface area contributed by atoms with Crippen LogP contribution >= 0.6 is 0 Å². The molecule has 0 bridgehead atoms. The molecule has 0 saturated heterocycles. The maximum Gasteiger partial charge on any atom is 0.230 e. The molecule has 0 aliphatic heterocycles. The van der Waals surface area contributed by atoms with Crippen LogP contribution in [0.2, 0.25) is 0 Å². The zero-order valence-electron chi connectivity index (χ0n) is 13.4. The molecule has 3 rings (SSSR count). The lowest BCUT2D eigenvalue weighted by molar-refractivity contribution is -0.121. The maximum atomic E-state index is 12.5. The first kappa shape index (κ1) is 15.5. The number of amides is 2. The van der Waals surface area contributed by atoms with E-state index in [0.717, 1.165) is 37.1 Å². The van der Waals surface area contributed by atoms with E-state index in [1.165, 1.54) is 0 Å². The molecule has 0 radical (unpaired) electrons. The molecule has 1 N–H and O–H groups in total. The fourth-order valence-corrected chi connectivity index (χ4v) is 3.09. The normalized spacial score (nSPS) is 17.6. The number of carbonyl (C=O) groups excluding carboxylic acids is 2. The fraction of sp³-hybridized carbons (Fsp3) is 0.368. The van der Waals surface area contributed by atoms with Crippen molar-refractivity contribution in [3.63, 3.8) is 0 Å². The summed E-state index contributed by atoms with van der Waals surface area (Å²) in [5.74, 6) is 0.241. The number of nitrogens with zero attached hydrogens (tertiary/aromatic N) is 1. The third-order valence-electron chi connectivity index (χ3n) is 4.57. The van der Waals surface area contributed by atoms with Crippen LogP contribution in [0.1, 0.15) is 25.7 Å². The van der Waals surface area contributed by atoms with Gasteiger partial charge in [-0.25, -0.2) is 0 Å². The van der Waals surface area contributed by atoms with Crippen molar-refractivity contribution in [1.82, 2.24) is 0 Å². The van der Waals surface area contributed by atoms with Crippen molar-refractivity contribution in [3.05, 3.63) is 48.6 Å². The summed E-state index contributed by atoms with van der Waals surface area (Å²) in [5, 5.41) is 2.96. The Morgan fingerprint density at radius 2 is 1.61 bits per heavy atom. The van der Waals surface area contributed by atoms with Gasteiger partial charge in [-0.3, -0.25) is 9.59 Å². The number of anilines is 2. The third-order valence-corrected chi connectivity index (χ3v) is 4.57. The quantitative estimate of drug-likeness (QED) is 0.865. The van der Waals surface area contributed by atoms with Crippen LogP contribution in [-0.2, 0) is 9.59 Å². The second-order valence-corrected chi connectivity index (χ2v) is 6.22. The van der Waals surface area contributed by atoms with Crippen LogP contribution < -0.4 is 10.2 Å². The van der Waals surface area contributed by atoms with Gasteiger partial charge < -0.3 is 10.2 Å². The standard InChI is InChI=1S/C19H22N2O2/c1-21(19(23)15-9-4-5-10-15)17-12-6-11-16(13-17)20-18(22)14-7-2-3-8-14/h2-6,11-15H,7-10H2,1H3,(H,20,22). The predicted octanol–water partition coefficient (Wildman–Crippen LogP) is 3.52. The Labute approximate surface area is 136 Å². The molecule has 4 nitrogen and oxygen atoms in total. The Morgan fingerprint density at radius 1 is 1.00 bits per heavy atom. The molecule has 120 valence electrons. The second kappa shape index (κ2) is 6.82. The smallest absolute Gasteiger partial charge is 0.230 e. The monoisotopic (exact) mass is 310 g/mol. The maximum absolute atomic E-state index is 12.5. The topological polar surface area (TPSA) is 49.4 Å². The number of carbonyl (C=O) groups is 2. The molecule has 0 fully saturated rings. The van der Waals surface area contributed by atoms with E-state index in [2.05, 4.69) is 17.5 Å². The van der Waals surface area contributed by atoms with Crippen LogP contribution in [0.5, 0.6) is 0 Å². The van der Waals surface area contributed by atoms with Crippen LogP contribution in [0, 0.1) is 11.8 Å². The van der Waals surface area contributed by atoms with Crippen LogP contribution in [0.15, 0.2) is 48.6 Å². The number of benzene rings is 1. The largest absolute Gasteiger partial charge is 0.326 e. The first-order chi connectivity index (χ1) is 11.1. The average molecular weight is 310 g/mol. The van der Waals surface area contributed by atoms with Crippen molar-refractivity contribution in [2.45, 2.75) is 25.7 Å². The Bertz CT molecular complexity index is 647. The second-order valence-electron chi connectivity index (χ2n) is 6.22. The summed E-state index contributed by atoms with van der Waals surface area (Å²) in [5.41, 5.74) is 1.55. The van der Waals surface area contributed by atoms with E-state index < -0.39 is 0 Å². The Hall–Kier alpha value is -2.36. The summed E-state index contributed by atoms with van der Waals surface area (Å²) in [7, 11) is 1.79. The first-order valence-corrected chi connectivity index (χ1v) is 8.13. The molecule has 1 aromatic rings. The van der Waals surface area contributed by atoms with Crippen LogP contribution in [0.3, 0.4) is 0 Å². The summed E-state index contributed by atoms with van der Waals surface area (Å²) in [6.45, 7) is 0. The molecule has 2 amide bonds. The van der Waals surface area contributed by atoms with Gasteiger partial charge in [-0.15, -0.1) is 0 Å².